The molecule has 7 heteroatoms. The third kappa shape index (κ3) is 3.84. The van der Waals surface area contributed by atoms with Gasteiger partial charge in [0.05, 0.1) is 19.1 Å². The lowest BCUT2D eigenvalue weighted by Gasteiger charge is -2.35. The summed E-state index contributed by atoms with van der Waals surface area (Å²) in [6.07, 6.45) is 6.74. The Bertz CT molecular complexity index is 693. The molecule has 1 fully saturated rings. The van der Waals surface area contributed by atoms with Gasteiger partial charge < -0.3 is 14.6 Å². The maximum Gasteiger partial charge on any atom is 0.289 e. The van der Waals surface area contributed by atoms with Gasteiger partial charge in [-0.05, 0) is 37.5 Å². The molecular formula is C17H22N4O3. The normalized spacial score (nSPS) is 17.7. The molecule has 1 atom stereocenters. The predicted octanol–water partition coefficient (Wildman–Crippen LogP) is 1.81. The van der Waals surface area contributed by atoms with Crippen molar-refractivity contribution in [2.24, 2.45) is 0 Å². The quantitative estimate of drug-likeness (QED) is 0.906. The second-order valence-corrected chi connectivity index (χ2v) is 6.05. The summed E-state index contributed by atoms with van der Waals surface area (Å²) in [7, 11) is 0. The number of likely N-dealkylation sites (tertiary alicyclic amines) is 1. The third-order valence-electron chi connectivity index (χ3n) is 4.23. The number of carbonyl (C=O) groups excluding carboxylic acids is 2. The fourth-order valence-corrected chi connectivity index (χ4v) is 3.02. The van der Waals surface area contributed by atoms with Crippen LogP contribution in [0.1, 0.15) is 42.5 Å². The first-order chi connectivity index (χ1) is 11.6. The molecule has 24 heavy (non-hydrogen) atoms. The topological polar surface area (TPSA) is 80.4 Å². The second-order valence-electron chi connectivity index (χ2n) is 6.05. The summed E-state index contributed by atoms with van der Waals surface area (Å²) in [6, 6.07) is 5.42. The first kappa shape index (κ1) is 16.3. The van der Waals surface area contributed by atoms with E-state index in [2.05, 4.69) is 10.4 Å². The highest BCUT2D eigenvalue weighted by Crippen LogP contribution is 2.22. The average molecular weight is 330 g/mol. The molecule has 0 spiro atoms. The van der Waals surface area contributed by atoms with Gasteiger partial charge in [0.15, 0.2) is 5.76 Å². The summed E-state index contributed by atoms with van der Waals surface area (Å²) in [6.45, 7) is 3.16. The van der Waals surface area contributed by atoms with Gasteiger partial charge in [0.25, 0.3) is 5.91 Å². The van der Waals surface area contributed by atoms with Crippen LogP contribution in [-0.4, -0.2) is 39.1 Å². The highest BCUT2D eigenvalue weighted by molar-refractivity contribution is 5.91. The van der Waals surface area contributed by atoms with Crippen molar-refractivity contribution in [1.82, 2.24) is 20.0 Å². The Morgan fingerprint density at radius 1 is 1.38 bits per heavy atom. The van der Waals surface area contributed by atoms with Crippen molar-refractivity contribution in [2.75, 3.05) is 6.54 Å². The van der Waals surface area contributed by atoms with Gasteiger partial charge in [-0.3, -0.25) is 14.3 Å². The maximum atomic E-state index is 12.8. The molecule has 3 rings (SSSR count). The molecule has 1 saturated heterocycles. The summed E-state index contributed by atoms with van der Waals surface area (Å²) in [4.78, 5) is 25.6. The zero-order valence-electron chi connectivity index (χ0n) is 13.8. The number of piperidine rings is 1. The van der Waals surface area contributed by atoms with Gasteiger partial charge in [-0.2, -0.15) is 5.10 Å². The van der Waals surface area contributed by atoms with Crippen LogP contribution in [0.4, 0.5) is 0 Å². The molecule has 0 radical (unpaired) electrons. The molecular weight excluding hydrogens is 308 g/mol. The van der Waals surface area contributed by atoms with E-state index < -0.39 is 0 Å². The second kappa shape index (κ2) is 7.33. The van der Waals surface area contributed by atoms with Crippen LogP contribution < -0.4 is 5.32 Å². The molecule has 0 bridgehead atoms. The Hall–Kier alpha value is -2.57. The summed E-state index contributed by atoms with van der Waals surface area (Å²) >= 11 is 0. The van der Waals surface area contributed by atoms with E-state index in [4.69, 9.17) is 4.42 Å². The Morgan fingerprint density at radius 2 is 2.25 bits per heavy atom. The molecule has 1 N–H and O–H groups in total. The lowest BCUT2D eigenvalue weighted by Crippen LogP contribution is -2.45. The van der Waals surface area contributed by atoms with Gasteiger partial charge >= 0.3 is 0 Å². The van der Waals surface area contributed by atoms with E-state index in [-0.39, 0.29) is 17.9 Å². The van der Waals surface area contributed by atoms with Crippen molar-refractivity contribution in [2.45, 2.75) is 45.3 Å². The van der Waals surface area contributed by atoms with E-state index in [1.54, 1.807) is 18.3 Å². The van der Waals surface area contributed by atoms with E-state index in [0.29, 0.717) is 24.6 Å². The van der Waals surface area contributed by atoms with Crippen LogP contribution in [0.2, 0.25) is 0 Å². The van der Waals surface area contributed by atoms with Crippen LogP contribution in [0.25, 0.3) is 0 Å². The van der Waals surface area contributed by atoms with Crippen molar-refractivity contribution in [3.05, 3.63) is 42.1 Å². The SMILES string of the molecule is CC(=O)NCc1ccc(C(=O)N2CCCC[C@@H]2Cn2cccn2)o1. The first-order valence-corrected chi connectivity index (χ1v) is 8.25. The van der Waals surface area contributed by atoms with Crippen molar-refractivity contribution >= 4 is 11.8 Å². The monoisotopic (exact) mass is 330 g/mol. The van der Waals surface area contributed by atoms with E-state index in [9.17, 15) is 9.59 Å². The van der Waals surface area contributed by atoms with Gasteiger partial charge in [-0.25, -0.2) is 0 Å². The third-order valence-corrected chi connectivity index (χ3v) is 4.23. The Kier molecular flexibility index (Phi) is 4.98. The van der Waals surface area contributed by atoms with Gasteiger partial charge in [0, 0.05) is 25.9 Å². The van der Waals surface area contributed by atoms with Crippen LogP contribution >= 0.6 is 0 Å². The number of amides is 2. The lowest BCUT2D eigenvalue weighted by atomic mass is 10.0. The van der Waals surface area contributed by atoms with Crippen molar-refractivity contribution in [3.8, 4) is 0 Å². The summed E-state index contributed by atoms with van der Waals surface area (Å²) in [5.41, 5.74) is 0. The minimum Gasteiger partial charge on any atom is -0.454 e. The lowest BCUT2D eigenvalue weighted by molar-refractivity contribution is -0.119. The summed E-state index contributed by atoms with van der Waals surface area (Å²) in [5.74, 6) is 0.674. The molecule has 128 valence electrons. The fourth-order valence-electron chi connectivity index (χ4n) is 3.02. The highest BCUT2D eigenvalue weighted by atomic mass is 16.4. The zero-order valence-corrected chi connectivity index (χ0v) is 13.8. The van der Waals surface area contributed by atoms with E-state index >= 15 is 0 Å². The number of nitrogens with one attached hydrogen (secondary N) is 1. The average Bonchev–Trinajstić information content (AvgIpc) is 3.24. The van der Waals surface area contributed by atoms with Gasteiger partial charge in [-0.15, -0.1) is 0 Å². The molecule has 2 aromatic rings. The van der Waals surface area contributed by atoms with E-state index in [0.717, 1.165) is 25.8 Å². The molecule has 3 heterocycles. The number of carbonyl (C=O) groups is 2. The molecule has 2 aromatic heterocycles. The number of nitrogens with zero attached hydrogens (tertiary/aromatic N) is 3. The minimum absolute atomic E-state index is 0.0964. The summed E-state index contributed by atoms with van der Waals surface area (Å²) in [5, 5.41) is 6.90. The van der Waals surface area contributed by atoms with Gasteiger partial charge in [0.2, 0.25) is 5.91 Å². The molecule has 1 aliphatic heterocycles. The Morgan fingerprint density at radius 3 is 3.00 bits per heavy atom. The van der Waals surface area contributed by atoms with Gasteiger partial charge in [-0.1, -0.05) is 0 Å². The molecule has 1 aliphatic rings. The number of aromatic nitrogens is 2. The maximum absolute atomic E-state index is 12.8. The largest absolute Gasteiger partial charge is 0.454 e. The number of furan rings is 1. The van der Waals surface area contributed by atoms with Crippen molar-refractivity contribution < 1.29 is 14.0 Å². The van der Waals surface area contributed by atoms with Gasteiger partial charge in [0.1, 0.15) is 5.76 Å². The zero-order chi connectivity index (χ0) is 16.9. The van der Waals surface area contributed by atoms with Crippen LogP contribution in [-0.2, 0) is 17.9 Å². The smallest absolute Gasteiger partial charge is 0.289 e. The summed E-state index contributed by atoms with van der Waals surface area (Å²) < 4.78 is 7.47. The molecule has 0 saturated carbocycles. The fraction of sp³-hybridized carbons (Fsp3) is 0.471. The van der Waals surface area contributed by atoms with Crippen molar-refractivity contribution in [1.29, 1.82) is 0 Å². The van der Waals surface area contributed by atoms with Crippen LogP contribution in [0.5, 0.6) is 0 Å². The Balaban J connectivity index is 1.68. The standard InChI is InChI=1S/C17H22N4O3/c1-13(22)18-11-15-6-7-16(24-15)17(23)21-10-3-2-5-14(21)12-20-9-4-8-19-20/h4,6-9,14H,2-3,5,10-12H2,1H3,(H,18,22)/t14-/m1/s1. The predicted molar refractivity (Wildman–Crippen MR) is 87.1 cm³/mol. The number of rotatable bonds is 5. The number of hydrogen-bond acceptors (Lipinski definition) is 4. The van der Waals surface area contributed by atoms with Crippen LogP contribution in [0, 0.1) is 0 Å². The molecule has 7 nitrogen and oxygen atoms in total. The first-order valence-electron chi connectivity index (χ1n) is 8.25. The highest BCUT2D eigenvalue weighted by Gasteiger charge is 2.29. The molecule has 0 aromatic carbocycles. The van der Waals surface area contributed by atoms with E-state index in [1.807, 2.05) is 21.8 Å². The minimum atomic E-state index is -0.130. The number of hydrogen-bond donors (Lipinski definition) is 1. The molecule has 2 amide bonds. The van der Waals surface area contributed by atoms with Crippen molar-refractivity contribution in [3.63, 3.8) is 0 Å². The molecule has 0 aliphatic carbocycles. The van der Waals surface area contributed by atoms with E-state index in [1.165, 1.54) is 6.92 Å². The van der Waals surface area contributed by atoms with Crippen LogP contribution in [0.3, 0.4) is 0 Å². The Labute approximate surface area is 140 Å². The molecule has 0 unspecified atom stereocenters. The van der Waals surface area contributed by atoms with Crippen LogP contribution in [0.15, 0.2) is 35.0 Å².